The first-order valence-corrected chi connectivity index (χ1v) is 7.96. The number of hydrogen-bond acceptors (Lipinski definition) is 3. The molecule has 4 rings (SSSR count). The molecule has 1 amide bonds. The molecule has 0 bridgehead atoms. The third-order valence-electron chi connectivity index (χ3n) is 4.15. The number of halogens is 1. The number of benzene rings is 2. The fourth-order valence-electron chi connectivity index (χ4n) is 2.94. The van der Waals surface area contributed by atoms with E-state index in [1.54, 1.807) is 30.6 Å². The van der Waals surface area contributed by atoms with Gasteiger partial charge in [-0.3, -0.25) is 9.78 Å². The number of amides is 1. The second-order valence-corrected chi connectivity index (χ2v) is 5.84. The maximum absolute atomic E-state index is 13.5. The number of nitrogens with zero attached hydrogens (tertiary/aromatic N) is 1. The summed E-state index contributed by atoms with van der Waals surface area (Å²) in [6, 6.07) is 15.6. The summed E-state index contributed by atoms with van der Waals surface area (Å²) >= 11 is 0. The van der Waals surface area contributed by atoms with Gasteiger partial charge in [0, 0.05) is 18.2 Å². The highest BCUT2D eigenvalue weighted by Gasteiger charge is 2.29. The van der Waals surface area contributed by atoms with Gasteiger partial charge in [-0.15, -0.1) is 0 Å². The van der Waals surface area contributed by atoms with E-state index < -0.39 is 6.10 Å². The molecule has 25 heavy (non-hydrogen) atoms. The van der Waals surface area contributed by atoms with Gasteiger partial charge in [-0.05, 0) is 35.4 Å². The zero-order valence-corrected chi connectivity index (χ0v) is 13.3. The molecule has 1 atom stereocenters. The van der Waals surface area contributed by atoms with E-state index >= 15 is 0 Å². The molecule has 5 heteroatoms. The van der Waals surface area contributed by atoms with Crippen molar-refractivity contribution in [3.63, 3.8) is 0 Å². The molecule has 0 aliphatic carbocycles. The van der Waals surface area contributed by atoms with Crippen LogP contribution in [0.4, 0.5) is 10.1 Å². The van der Waals surface area contributed by atoms with Crippen molar-refractivity contribution in [1.82, 2.24) is 4.98 Å². The van der Waals surface area contributed by atoms with E-state index in [-0.39, 0.29) is 11.7 Å². The number of pyridine rings is 1. The van der Waals surface area contributed by atoms with Gasteiger partial charge in [0.15, 0.2) is 6.10 Å². The molecule has 0 saturated carbocycles. The van der Waals surface area contributed by atoms with E-state index in [0.29, 0.717) is 23.2 Å². The first kappa shape index (κ1) is 15.3. The smallest absolute Gasteiger partial charge is 0.265 e. The standard InChI is InChI=1S/C20H15FN2O2/c21-15-6-3-5-13(10-15)16-8-9-22-12-17(16)23-20(24)19-11-14-4-1-2-7-18(14)25-19/h1-10,12,19H,11H2,(H,23,24)/t19-/m0/s1. The molecular formula is C20H15FN2O2. The highest BCUT2D eigenvalue weighted by atomic mass is 19.1. The molecule has 2 heterocycles. The van der Waals surface area contributed by atoms with E-state index in [4.69, 9.17) is 4.74 Å². The Morgan fingerprint density at radius 3 is 2.88 bits per heavy atom. The van der Waals surface area contributed by atoms with Gasteiger partial charge in [-0.2, -0.15) is 0 Å². The first-order valence-electron chi connectivity index (χ1n) is 7.96. The predicted molar refractivity (Wildman–Crippen MR) is 92.8 cm³/mol. The quantitative estimate of drug-likeness (QED) is 0.792. The number of fused-ring (bicyclic) bond motifs is 1. The Labute approximate surface area is 144 Å². The molecule has 1 aliphatic rings. The van der Waals surface area contributed by atoms with E-state index in [1.165, 1.54) is 12.1 Å². The maximum Gasteiger partial charge on any atom is 0.265 e. The van der Waals surface area contributed by atoms with Crippen molar-refractivity contribution in [3.8, 4) is 16.9 Å². The highest BCUT2D eigenvalue weighted by molar-refractivity contribution is 5.98. The summed E-state index contributed by atoms with van der Waals surface area (Å²) in [6.45, 7) is 0. The molecule has 4 nitrogen and oxygen atoms in total. The number of aromatic nitrogens is 1. The van der Waals surface area contributed by atoms with Crippen molar-refractivity contribution in [2.75, 3.05) is 5.32 Å². The number of ether oxygens (including phenoxy) is 1. The van der Waals surface area contributed by atoms with Crippen LogP contribution in [-0.4, -0.2) is 17.0 Å². The summed E-state index contributed by atoms with van der Waals surface area (Å²) in [5.74, 6) is 0.155. The number of anilines is 1. The lowest BCUT2D eigenvalue weighted by molar-refractivity contribution is -0.122. The van der Waals surface area contributed by atoms with Crippen LogP contribution in [0.25, 0.3) is 11.1 Å². The van der Waals surface area contributed by atoms with Crippen molar-refractivity contribution in [3.05, 3.63) is 78.4 Å². The van der Waals surface area contributed by atoms with Gasteiger partial charge in [-0.25, -0.2) is 4.39 Å². The van der Waals surface area contributed by atoms with Crippen LogP contribution < -0.4 is 10.1 Å². The van der Waals surface area contributed by atoms with Crippen LogP contribution >= 0.6 is 0 Å². The number of nitrogens with one attached hydrogen (secondary N) is 1. The number of hydrogen-bond donors (Lipinski definition) is 1. The Hall–Kier alpha value is -3.21. The number of carbonyl (C=O) groups is 1. The Balaban J connectivity index is 1.57. The Kier molecular flexibility index (Phi) is 3.90. The molecule has 0 radical (unpaired) electrons. The summed E-state index contributed by atoms with van der Waals surface area (Å²) in [5.41, 5.74) is 2.92. The number of para-hydroxylation sites is 1. The Bertz CT molecular complexity index is 917. The third-order valence-corrected chi connectivity index (χ3v) is 4.15. The topological polar surface area (TPSA) is 51.2 Å². The molecule has 0 unspecified atom stereocenters. The average Bonchev–Trinajstić information content (AvgIpc) is 3.06. The lowest BCUT2D eigenvalue weighted by Crippen LogP contribution is -2.31. The van der Waals surface area contributed by atoms with Crippen molar-refractivity contribution in [2.24, 2.45) is 0 Å². The van der Waals surface area contributed by atoms with Gasteiger partial charge in [-0.1, -0.05) is 30.3 Å². The van der Waals surface area contributed by atoms with Gasteiger partial charge in [0.05, 0.1) is 11.9 Å². The van der Waals surface area contributed by atoms with Crippen LogP contribution in [0, 0.1) is 5.82 Å². The minimum absolute atomic E-state index is 0.248. The van der Waals surface area contributed by atoms with Crippen LogP contribution in [0.1, 0.15) is 5.56 Å². The number of carbonyl (C=O) groups excluding carboxylic acids is 1. The van der Waals surface area contributed by atoms with Crippen LogP contribution in [0.3, 0.4) is 0 Å². The zero-order chi connectivity index (χ0) is 17.2. The fraction of sp³-hybridized carbons (Fsp3) is 0.100. The largest absolute Gasteiger partial charge is 0.480 e. The van der Waals surface area contributed by atoms with Crippen LogP contribution in [-0.2, 0) is 11.2 Å². The lowest BCUT2D eigenvalue weighted by Gasteiger charge is -2.14. The van der Waals surface area contributed by atoms with Gasteiger partial charge in [0.25, 0.3) is 5.91 Å². The highest BCUT2D eigenvalue weighted by Crippen LogP contribution is 2.31. The average molecular weight is 334 g/mol. The van der Waals surface area contributed by atoms with E-state index in [2.05, 4.69) is 10.3 Å². The van der Waals surface area contributed by atoms with Crippen molar-refractivity contribution in [1.29, 1.82) is 0 Å². The first-order chi connectivity index (χ1) is 12.2. The van der Waals surface area contributed by atoms with Crippen LogP contribution in [0.2, 0.25) is 0 Å². The zero-order valence-electron chi connectivity index (χ0n) is 13.3. The summed E-state index contributed by atoms with van der Waals surface area (Å²) < 4.78 is 19.2. The second kappa shape index (κ2) is 6.36. The molecule has 124 valence electrons. The van der Waals surface area contributed by atoms with E-state index in [9.17, 15) is 9.18 Å². The molecule has 0 spiro atoms. The van der Waals surface area contributed by atoms with Gasteiger partial charge >= 0.3 is 0 Å². The molecular weight excluding hydrogens is 319 g/mol. The van der Waals surface area contributed by atoms with Crippen molar-refractivity contribution >= 4 is 11.6 Å². The van der Waals surface area contributed by atoms with Crippen molar-refractivity contribution < 1.29 is 13.9 Å². The molecule has 0 fully saturated rings. The summed E-state index contributed by atoms with van der Waals surface area (Å²) in [6.07, 6.45) is 3.10. The lowest BCUT2D eigenvalue weighted by atomic mass is 10.0. The molecule has 2 aromatic carbocycles. The predicted octanol–water partition coefficient (Wildman–Crippen LogP) is 3.83. The maximum atomic E-state index is 13.5. The molecule has 1 N–H and O–H groups in total. The van der Waals surface area contributed by atoms with Crippen LogP contribution in [0.5, 0.6) is 5.75 Å². The molecule has 1 aliphatic heterocycles. The second-order valence-electron chi connectivity index (χ2n) is 5.84. The van der Waals surface area contributed by atoms with Crippen molar-refractivity contribution in [2.45, 2.75) is 12.5 Å². The normalized spacial score (nSPS) is 15.3. The van der Waals surface area contributed by atoms with Gasteiger partial charge in [0.2, 0.25) is 0 Å². The number of rotatable bonds is 3. The van der Waals surface area contributed by atoms with E-state index in [1.807, 2.05) is 24.3 Å². The minimum atomic E-state index is -0.585. The van der Waals surface area contributed by atoms with E-state index in [0.717, 1.165) is 11.3 Å². The Morgan fingerprint density at radius 1 is 1.16 bits per heavy atom. The fourth-order valence-corrected chi connectivity index (χ4v) is 2.94. The monoisotopic (exact) mass is 334 g/mol. The molecule has 1 aromatic heterocycles. The summed E-state index contributed by atoms with van der Waals surface area (Å²) in [5, 5.41) is 2.86. The van der Waals surface area contributed by atoms with Crippen LogP contribution in [0.15, 0.2) is 67.0 Å². The SMILES string of the molecule is O=C(Nc1cnccc1-c1cccc(F)c1)[C@@H]1Cc2ccccc2O1. The summed E-state index contributed by atoms with van der Waals surface area (Å²) in [4.78, 5) is 16.7. The Morgan fingerprint density at radius 2 is 2.04 bits per heavy atom. The van der Waals surface area contributed by atoms with Gasteiger partial charge in [0.1, 0.15) is 11.6 Å². The minimum Gasteiger partial charge on any atom is -0.480 e. The van der Waals surface area contributed by atoms with Gasteiger partial charge < -0.3 is 10.1 Å². The summed E-state index contributed by atoms with van der Waals surface area (Å²) in [7, 11) is 0. The molecule has 0 saturated heterocycles. The third kappa shape index (κ3) is 3.08. The molecule has 3 aromatic rings.